The van der Waals surface area contributed by atoms with Gasteiger partial charge in [0, 0.05) is 37.3 Å². The first kappa shape index (κ1) is 19.0. The zero-order valence-electron chi connectivity index (χ0n) is 16.3. The second-order valence-corrected chi connectivity index (χ2v) is 6.90. The molecule has 1 aliphatic rings. The molecule has 7 heteroatoms. The summed E-state index contributed by atoms with van der Waals surface area (Å²) in [6.07, 6.45) is 0.858. The van der Waals surface area contributed by atoms with E-state index in [9.17, 15) is 4.79 Å². The lowest BCUT2D eigenvalue weighted by Crippen LogP contribution is -2.28. The van der Waals surface area contributed by atoms with Gasteiger partial charge in [-0.05, 0) is 23.3 Å². The zero-order chi connectivity index (χ0) is 20.1. The topological polar surface area (TPSA) is 88.3 Å². The third kappa shape index (κ3) is 4.41. The molecule has 0 fully saturated rings. The van der Waals surface area contributed by atoms with Gasteiger partial charge in [0.2, 0.25) is 0 Å². The molecule has 3 aromatic rings. The monoisotopic (exact) mass is 392 g/mol. The molecule has 29 heavy (non-hydrogen) atoms. The Bertz CT molecular complexity index is 985. The van der Waals surface area contributed by atoms with Crippen LogP contribution in [0.4, 0.5) is 0 Å². The van der Waals surface area contributed by atoms with Crippen molar-refractivity contribution in [2.24, 2.45) is 0 Å². The maximum absolute atomic E-state index is 12.6. The molecule has 3 N–H and O–H groups in total. The molecule has 4 rings (SSSR count). The minimum absolute atomic E-state index is 0.186. The second-order valence-electron chi connectivity index (χ2n) is 6.90. The van der Waals surface area contributed by atoms with Crippen LogP contribution in [0.3, 0.4) is 0 Å². The van der Waals surface area contributed by atoms with Crippen LogP contribution in [0.5, 0.6) is 11.5 Å². The number of nitrogens with zero attached hydrogens (tertiary/aromatic N) is 1. The molecule has 1 aliphatic heterocycles. The Hall–Kier alpha value is -3.32. The van der Waals surface area contributed by atoms with Crippen molar-refractivity contribution in [2.75, 3.05) is 13.7 Å². The first-order valence-corrected chi connectivity index (χ1v) is 9.63. The zero-order valence-corrected chi connectivity index (χ0v) is 16.3. The number of amides is 1. The highest BCUT2D eigenvalue weighted by Crippen LogP contribution is 2.29. The maximum Gasteiger partial charge on any atom is 0.272 e. The molecule has 0 aliphatic carbocycles. The number of hydrogen-bond donors (Lipinski definition) is 3. The van der Waals surface area contributed by atoms with Gasteiger partial charge < -0.3 is 20.1 Å². The minimum atomic E-state index is -0.186. The molecule has 0 radical (unpaired) electrons. The number of nitrogens with one attached hydrogen (secondary N) is 3. The van der Waals surface area contributed by atoms with Gasteiger partial charge >= 0.3 is 0 Å². The Morgan fingerprint density at radius 3 is 2.83 bits per heavy atom. The van der Waals surface area contributed by atoms with E-state index in [0.29, 0.717) is 36.9 Å². The fourth-order valence-corrected chi connectivity index (χ4v) is 3.36. The third-order valence-corrected chi connectivity index (χ3v) is 4.94. The lowest BCUT2D eigenvalue weighted by Gasteiger charge is -2.14. The number of rotatable bonds is 7. The molecular formula is C22H24N4O3. The van der Waals surface area contributed by atoms with Crippen LogP contribution in [0.25, 0.3) is 0 Å². The molecule has 7 nitrogen and oxygen atoms in total. The average Bonchev–Trinajstić information content (AvgIpc) is 3.21. The molecule has 150 valence electrons. The highest BCUT2D eigenvalue weighted by Gasteiger charge is 2.21. The van der Waals surface area contributed by atoms with Gasteiger partial charge in [-0.2, -0.15) is 5.10 Å². The second kappa shape index (κ2) is 8.79. The van der Waals surface area contributed by atoms with Crippen LogP contribution in [0, 0.1) is 0 Å². The van der Waals surface area contributed by atoms with Crippen molar-refractivity contribution >= 4 is 5.91 Å². The fourth-order valence-electron chi connectivity index (χ4n) is 3.36. The van der Waals surface area contributed by atoms with E-state index in [2.05, 4.69) is 20.8 Å². The number of hydrogen-bond acceptors (Lipinski definition) is 5. The van der Waals surface area contributed by atoms with Crippen molar-refractivity contribution in [2.45, 2.75) is 26.1 Å². The predicted octanol–water partition coefficient (Wildman–Crippen LogP) is 2.57. The number of benzene rings is 2. The average molecular weight is 392 g/mol. The third-order valence-electron chi connectivity index (χ3n) is 4.94. The molecule has 0 saturated carbocycles. The van der Waals surface area contributed by atoms with Gasteiger partial charge in [0.15, 0.2) is 17.2 Å². The van der Waals surface area contributed by atoms with E-state index in [1.54, 1.807) is 7.11 Å². The summed E-state index contributed by atoms with van der Waals surface area (Å²) in [6.45, 7) is 2.40. The molecule has 0 atom stereocenters. The summed E-state index contributed by atoms with van der Waals surface area (Å²) in [5.41, 5.74) is 4.46. The number of fused-ring (bicyclic) bond motifs is 1. The van der Waals surface area contributed by atoms with Crippen molar-refractivity contribution in [3.05, 3.63) is 76.6 Å². The van der Waals surface area contributed by atoms with Crippen LogP contribution < -0.4 is 20.1 Å². The molecule has 2 heterocycles. The number of carbonyl (C=O) groups excluding carboxylic acids is 1. The van der Waals surface area contributed by atoms with Crippen LogP contribution in [0.2, 0.25) is 0 Å². The van der Waals surface area contributed by atoms with Crippen molar-refractivity contribution in [3.8, 4) is 11.5 Å². The summed E-state index contributed by atoms with van der Waals surface area (Å²) in [5.74, 6) is 1.11. The Kier molecular flexibility index (Phi) is 5.76. The Balaban J connectivity index is 1.39. The van der Waals surface area contributed by atoms with E-state index in [-0.39, 0.29) is 5.91 Å². The smallest absolute Gasteiger partial charge is 0.272 e. The number of methoxy groups -OCH3 is 1. The van der Waals surface area contributed by atoms with Crippen LogP contribution in [0.1, 0.15) is 32.9 Å². The Morgan fingerprint density at radius 2 is 2.00 bits per heavy atom. The summed E-state index contributed by atoms with van der Waals surface area (Å²) in [5, 5.41) is 13.4. The van der Waals surface area contributed by atoms with Gasteiger partial charge in [-0.25, -0.2) is 0 Å². The largest absolute Gasteiger partial charge is 0.493 e. The van der Waals surface area contributed by atoms with Crippen molar-refractivity contribution in [3.63, 3.8) is 0 Å². The number of aromatic nitrogens is 2. The number of carbonyl (C=O) groups is 1. The fraction of sp³-hybridized carbons (Fsp3) is 0.273. The summed E-state index contributed by atoms with van der Waals surface area (Å²) in [4.78, 5) is 12.6. The van der Waals surface area contributed by atoms with Gasteiger partial charge in [0.05, 0.1) is 7.11 Å². The molecule has 2 aromatic carbocycles. The van der Waals surface area contributed by atoms with E-state index in [1.165, 1.54) is 0 Å². The normalized spacial score (nSPS) is 12.9. The Morgan fingerprint density at radius 1 is 1.14 bits per heavy atom. The van der Waals surface area contributed by atoms with E-state index in [4.69, 9.17) is 9.47 Å². The number of H-pyrrole nitrogens is 1. The van der Waals surface area contributed by atoms with Crippen molar-refractivity contribution in [1.82, 2.24) is 20.8 Å². The first-order valence-electron chi connectivity index (χ1n) is 9.63. The minimum Gasteiger partial charge on any atom is -0.493 e. The highest BCUT2D eigenvalue weighted by atomic mass is 16.5. The van der Waals surface area contributed by atoms with E-state index < -0.39 is 0 Å². The molecule has 0 spiro atoms. The van der Waals surface area contributed by atoms with E-state index >= 15 is 0 Å². The first-order chi connectivity index (χ1) is 14.2. The van der Waals surface area contributed by atoms with E-state index in [0.717, 1.165) is 35.3 Å². The van der Waals surface area contributed by atoms with Crippen LogP contribution >= 0.6 is 0 Å². The summed E-state index contributed by atoms with van der Waals surface area (Å²) in [7, 11) is 1.61. The maximum atomic E-state index is 12.6. The lowest BCUT2D eigenvalue weighted by atomic mass is 10.1. The van der Waals surface area contributed by atoms with Crippen LogP contribution in [-0.4, -0.2) is 29.8 Å². The van der Waals surface area contributed by atoms with Gasteiger partial charge in [-0.3, -0.25) is 9.89 Å². The summed E-state index contributed by atoms with van der Waals surface area (Å²) >= 11 is 0. The van der Waals surface area contributed by atoms with Gasteiger partial charge in [-0.1, -0.05) is 36.4 Å². The predicted molar refractivity (Wildman–Crippen MR) is 109 cm³/mol. The number of ether oxygens (including phenoxy) is 2. The lowest BCUT2D eigenvalue weighted by molar-refractivity contribution is 0.0944. The van der Waals surface area contributed by atoms with Crippen LogP contribution in [0.15, 0.2) is 48.5 Å². The highest BCUT2D eigenvalue weighted by molar-refractivity contribution is 5.94. The number of aromatic amines is 1. The molecule has 0 saturated heterocycles. The standard InChI is InChI=1S/C22H24N4O3/c1-28-20-11-16(7-8-19(20)29-14-15-5-3-2-4-6-15)12-24-22(27)21-17-13-23-10-9-18(17)25-26-21/h2-8,11,23H,9-10,12-14H2,1H3,(H,24,27)(H,25,26). The van der Waals surface area contributed by atoms with Gasteiger partial charge in [0.25, 0.3) is 5.91 Å². The van der Waals surface area contributed by atoms with Crippen LogP contribution in [-0.2, 0) is 26.1 Å². The van der Waals surface area contributed by atoms with E-state index in [1.807, 2.05) is 48.5 Å². The van der Waals surface area contributed by atoms with Crippen molar-refractivity contribution < 1.29 is 14.3 Å². The molecule has 1 aromatic heterocycles. The molecule has 0 bridgehead atoms. The molecular weight excluding hydrogens is 368 g/mol. The summed E-state index contributed by atoms with van der Waals surface area (Å²) in [6, 6.07) is 15.6. The van der Waals surface area contributed by atoms with Gasteiger partial charge in [0.1, 0.15) is 6.61 Å². The Labute approximate surface area is 169 Å². The summed E-state index contributed by atoms with van der Waals surface area (Å²) < 4.78 is 11.3. The van der Waals surface area contributed by atoms with Crippen molar-refractivity contribution in [1.29, 1.82) is 0 Å². The quantitative estimate of drug-likeness (QED) is 0.575. The van der Waals surface area contributed by atoms with Gasteiger partial charge in [-0.15, -0.1) is 0 Å². The molecule has 0 unspecified atom stereocenters. The molecule has 1 amide bonds. The SMILES string of the molecule is COc1cc(CNC(=O)c2n[nH]c3c2CNCC3)ccc1OCc1ccccc1.